The maximum Gasteiger partial charge on any atom is 0.105 e. The van der Waals surface area contributed by atoms with E-state index < -0.39 is 6.23 Å². The van der Waals surface area contributed by atoms with Crippen molar-refractivity contribution >= 4 is 0 Å². The van der Waals surface area contributed by atoms with E-state index in [2.05, 4.69) is 5.32 Å². The molecule has 0 aliphatic carbocycles. The highest BCUT2D eigenvalue weighted by Gasteiger charge is 2.02. The Labute approximate surface area is 62.1 Å². The first-order valence-electron chi connectivity index (χ1n) is 3.71. The number of nitrogens with one attached hydrogen (secondary N) is 1. The smallest absolute Gasteiger partial charge is 0.105 e. The summed E-state index contributed by atoms with van der Waals surface area (Å²) in [5.41, 5.74) is 0. The van der Waals surface area contributed by atoms with Gasteiger partial charge in [0, 0.05) is 12.6 Å². The van der Waals surface area contributed by atoms with Crippen LogP contribution in [0.3, 0.4) is 0 Å². The molecule has 0 aromatic rings. The van der Waals surface area contributed by atoms with Gasteiger partial charge in [0.25, 0.3) is 0 Å². The molecule has 0 saturated heterocycles. The molecule has 0 fully saturated rings. The lowest BCUT2D eigenvalue weighted by atomic mass is 10.2. The van der Waals surface area contributed by atoms with Crippen molar-refractivity contribution in [1.82, 2.24) is 5.32 Å². The standard InChI is InChI=1S/C7H17NO2/c1-6(2)8-7(10)4-3-5-9/h6-10H,3-5H2,1-2H3. The molecule has 3 heteroatoms. The van der Waals surface area contributed by atoms with E-state index in [-0.39, 0.29) is 6.61 Å². The van der Waals surface area contributed by atoms with Crippen molar-refractivity contribution in [1.29, 1.82) is 0 Å². The molecule has 1 unspecified atom stereocenters. The minimum Gasteiger partial charge on any atom is -0.396 e. The van der Waals surface area contributed by atoms with Crippen molar-refractivity contribution in [2.45, 2.75) is 39.0 Å². The second-order valence-corrected chi connectivity index (χ2v) is 2.70. The van der Waals surface area contributed by atoms with Crippen molar-refractivity contribution in [2.75, 3.05) is 6.61 Å². The Morgan fingerprint density at radius 2 is 2.00 bits per heavy atom. The van der Waals surface area contributed by atoms with Crippen LogP contribution in [0.4, 0.5) is 0 Å². The summed E-state index contributed by atoms with van der Waals surface area (Å²) in [5.74, 6) is 0. The van der Waals surface area contributed by atoms with Gasteiger partial charge in [-0.2, -0.15) is 0 Å². The van der Waals surface area contributed by atoms with E-state index in [1.54, 1.807) is 0 Å². The monoisotopic (exact) mass is 147 g/mol. The summed E-state index contributed by atoms with van der Waals surface area (Å²) >= 11 is 0. The molecule has 0 heterocycles. The van der Waals surface area contributed by atoms with E-state index in [4.69, 9.17) is 10.2 Å². The molecule has 0 rings (SSSR count). The fourth-order valence-corrected chi connectivity index (χ4v) is 0.753. The van der Waals surface area contributed by atoms with Gasteiger partial charge in [-0.05, 0) is 26.7 Å². The number of aliphatic hydroxyl groups is 2. The van der Waals surface area contributed by atoms with Gasteiger partial charge >= 0.3 is 0 Å². The minimum atomic E-state index is -0.466. The van der Waals surface area contributed by atoms with E-state index in [1.807, 2.05) is 13.8 Å². The molecule has 3 N–H and O–H groups in total. The van der Waals surface area contributed by atoms with Gasteiger partial charge in [0.2, 0.25) is 0 Å². The van der Waals surface area contributed by atoms with Crippen LogP contribution in [0.2, 0.25) is 0 Å². The van der Waals surface area contributed by atoms with Crippen molar-refractivity contribution in [3.8, 4) is 0 Å². The number of rotatable bonds is 5. The predicted molar refractivity (Wildman–Crippen MR) is 40.6 cm³/mol. The summed E-state index contributed by atoms with van der Waals surface area (Å²) in [6.07, 6.45) is 0.808. The van der Waals surface area contributed by atoms with Crippen molar-refractivity contribution in [2.24, 2.45) is 0 Å². The molecule has 1 atom stereocenters. The van der Waals surface area contributed by atoms with Crippen molar-refractivity contribution in [3.63, 3.8) is 0 Å². The quantitative estimate of drug-likeness (QED) is 0.482. The van der Waals surface area contributed by atoms with Crippen LogP contribution in [-0.4, -0.2) is 29.1 Å². The van der Waals surface area contributed by atoms with Gasteiger partial charge in [-0.15, -0.1) is 0 Å². The molecule has 3 nitrogen and oxygen atoms in total. The zero-order valence-corrected chi connectivity index (χ0v) is 6.67. The summed E-state index contributed by atoms with van der Waals surface area (Å²) in [7, 11) is 0. The Hall–Kier alpha value is -0.120. The topological polar surface area (TPSA) is 52.5 Å². The van der Waals surface area contributed by atoms with Crippen LogP contribution in [-0.2, 0) is 0 Å². The molecular formula is C7H17NO2. The van der Waals surface area contributed by atoms with Crippen LogP contribution < -0.4 is 5.32 Å². The molecule has 0 saturated carbocycles. The summed E-state index contributed by atoms with van der Waals surface area (Å²) in [5, 5.41) is 20.5. The van der Waals surface area contributed by atoms with Gasteiger partial charge in [0.05, 0.1) is 0 Å². The lowest BCUT2D eigenvalue weighted by molar-refractivity contribution is 0.108. The molecule has 0 amide bonds. The van der Waals surface area contributed by atoms with Gasteiger partial charge in [-0.1, -0.05) is 0 Å². The molecule has 0 aliphatic heterocycles. The lowest BCUT2D eigenvalue weighted by Crippen LogP contribution is -2.34. The number of hydrogen-bond donors (Lipinski definition) is 3. The van der Waals surface area contributed by atoms with Gasteiger partial charge < -0.3 is 10.2 Å². The van der Waals surface area contributed by atoms with Crippen LogP contribution in [0.1, 0.15) is 26.7 Å². The summed E-state index contributed by atoms with van der Waals surface area (Å²) in [6.45, 7) is 4.10. The molecule has 0 spiro atoms. The maximum absolute atomic E-state index is 9.13. The van der Waals surface area contributed by atoms with E-state index in [9.17, 15) is 0 Å². The highest BCUT2D eigenvalue weighted by Crippen LogP contribution is 1.93. The summed E-state index contributed by atoms with van der Waals surface area (Å²) in [6, 6.07) is 0.300. The third kappa shape index (κ3) is 6.01. The highest BCUT2D eigenvalue weighted by atomic mass is 16.3. The Bertz CT molecular complexity index is 76.0. The molecule has 0 radical (unpaired) electrons. The van der Waals surface area contributed by atoms with Gasteiger partial charge in [0.15, 0.2) is 0 Å². The van der Waals surface area contributed by atoms with Gasteiger partial charge in [-0.3, -0.25) is 5.32 Å². The fourth-order valence-electron chi connectivity index (χ4n) is 0.753. The molecule has 10 heavy (non-hydrogen) atoms. The predicted octanol–water partition coefficient (Wildman–Crippen LogP) is 0.0753. The SMILES string of the molecule is CC(C)NC(O)CCCO. The zero-order valence-electron chi connectivity index (χ0n) is 6.67. The Morgan fingerprint density at radius 3 is 2.40 bits per heavy atom. The van der Waals surface area contributed by atoms with E-state index in [0.29, 0.717) is 18.9 Å². The molecule has 0 aromatic heterocycles. The second kappa shape index (κ2) is 5.65. The van der Waals surface area contributed by atoms with Crippen molar-refractivity contribution in [3.05, 3.63) is 0 Å². The first kappa shape index (κ1) is 9.88. The van der Waals surface area contributed by atoms with Crippen LogP contribution in [0.25, 0.3) is 0 Å². The largest absolute Gasteiger partial charge is 0.396 e. The summed E-state index contributed by atoms with van der Waals surface area (Å²) in [4.78, 5) is 0. The van der Waals surface area contributed by atoms with Gasteiger partial charge in [0.1, 0.15) is 6.23 Å². The van der Waals surface area contributed by atoms with Crippen LogP contribution in [0.5, 0.6) is 0 Å². The van der Waals surface area contributed by atoms with Crippen molar-refractivity contribution < 1.29 is 10.2 Å². The molecule has 0 aliphatic rings. The third-order valence-electron chi connectivity index (χ3n) is 1.16. The average Bonchev–Trinajstić information content (AvgIpc) is 1.82. The maximum atomic E-state index is 9.13. The molecular weight excluding hydrogens is 130 g/mol. The average molecular weight is 147 g/mol. The third-order valence-corrected chi connectivity index (χ3v) is 1.16. The van der Waals surface area contributed by atoms with Gasteiger partial charge in [-0.25, -0.2) is 0 Å². The van der Waals surface area contributed by atoms with Crippen LogP contribution in [0.15, 0.2) is 0 Å². The molecule has 0 aromatic carbocycles. The van der Waals surface area contributed by atoms with E-state index in [0.717, 1.165) is 0 Å². The zero-order chi connectivity index (χ0) is 7.98. The second-order valence-electron chi connectivity index (χ2n) is 2.70. The van der Waals surface area contributed by atoms with Crippen LogP contribution >= 0.6 is 0 Å². The van der Waals surface area contributed by atoms with Crippen LogP contribution in [0, 0.1) is 0 Å². The fraction of sp³-hybridized carbons (Fsp3) is 1.00. The first-order chi connectivity index (χ1) is 4.66. The lowest BCUT2D eigenvalue weighted by Gasteiger charge is -2.14. The normalized spacial score (nSPS) is 14.1. The van der Waals surface area contributed by atoms with E-state index >= 15 is 0 Å². The molecule has 62 valence electrons. The Morgan fingerprint density at radius 1 is 1.40 bits per heavy atom. The highest BCUT2D eigenvalue weighted by molar-refractivity contribution is 4.57. The summed E-state index contributed by atoms with van der Waals surface area (Å²) < 4.78 is 0. The minimum absolute atomic E-state index is 0.150. The first-order valence-corrected chi connectivity index (χ1v) is 3.71. The number of hydrogen-bond acceptors (Lipinski definition) is 3. The Kier molecular flexibility index (Phi) is 5.58. The van der Waals surface area contributed by atoms with E-state index in [1.165, 1.54) is 0 Å². The Balaban J connectivity index is 3.16. The number of aliphatic hydroxyl groups excluding tert-OH is 2. The molecule has 0 bridgehead atoms.